The molecular weight excluding hydrogens is 218 g/mol. The second-order valence-corrected chi connectivity index (χ2v) is 4.34. The van der Waals surface area contributed by atoms with E-state index in [1.807, 2.05) is 13.0 Å². The highest BCUT2D eigenvalue weighted by Crippen LogP contribution is 2.23. The van der Waals surface area contributed by atoms with E-state index < -0.39 is 11.3 Å². The van der Waals surface area contributed by atoms with E-state index in [2.05, 4.69) is 0 Å². The van der Waals surface area contributed by atoms with Gasteiger partial charge in [-0.05, 0) is 19.8 Å². The van der Waals surface area contributed by atoms with E-state index in [-0.39, 0.29) is 12.5 Å². The van der Waals surface area contributed by atoms with Gasteiger partial charge in [0.2, 0.25) is 11.8 Å². The molecule has 0 aliphatic carbocycles. The molecule has 0 rings (SSSR count). The van der Waals surface area contributed by atoms with Crippen LogP contribution in [0.1, 0.15) is 40.0 Å². The maximum atomic E-state index is 12.2. The maximum absolute atomic E-state index is 12.2. The topological polar surface area (TPSA) is 87.2 Å². The van der Waals surface area contributed by atoms with Crippen LogP contribution in [0.4, 0.5) is 0 Å². The molecule has 0 saturated heterocycles. The highest BCUT2D eigenvalue weighted by atomic mass is 16.2. The summed E-state index contributed by atoms with van der Waals surface area (Å²) in [5.74, 6) is -0.861. The van der Waals surface area contributed by atoms with Gasteiger partial charge in [-0.1, -0.05) is 20.3 Å². The van der Waals surface area contributed by atoms with Crippen LogP contribution in [-0.2, 0) is 9.59 Å². The number of rotatable bonds is 7. The molecule has 0 spiro atoms. The summed E-state index contributed by atoms with van der Waals surface area (Å²) in [5, 5.41) is 9.05. The molecule has 96 valence electrons. The molecule has 0 fully saturated rings. The summed E-state index contributed by atoms with van der Waals surface area (Å²) < 4.78 is 0. The van der Waals surface area contributed by atoms with E-state index in [1.165, 1.54) is 4.90 Å². The summed E-state index contributed by atoms with van der Waals surface area (Å²) in [6.45, 7) is 5.72. The van der Waals surface area contributed by atoms with Gasteiger partial charge in [0.15, 0.2) is 0 Å². The van der Waals surface area contributed by atoms with Crippen LogP contribution in [0, 0.1) is 16.7 Å². The van der Waals surface area contributed by atoms with Crippen LogP contribution in [0.3, 0.4) is 0 Å². The van der Waals surface area contributed by atoms with Crippen LogP contribution in [0.15, 0.2) is 0 Å². The lowest BCUT2D eigenvalue weighted by Crippen LogP contribution is -2.45. The molecule has 2 N–H and O–H groups in total. The first-order valence-electron chi connectivity index (χ1n) is 5.90. The summed E-state index contributed by atoms with van der Waals surface area (Å²) in [5.41, 5.74) is 4.05. The van der Waals surface area contributed by atoms with Gasteiger partial charge in [-0.15, -0.1) is 0 Å². The van der Waals surface area contributed by atoms with Crippen molar-refractivity contribution in [3.8, 4) is 6.07 Å². The zero-order chi connectivity index (χ0) is 13.5. The predicted octanol–water partition coefficient (Wildman–Crippen LogP) is 1.04. The van der Waals surface area contributed by atoms with Crippen molar-refractivity contribution in [2.45, 2.75) is 40.0 Å². The molecule has 1 atom stereocenters. The van der Waals surface area contributed by atoms with Crippen LogP contribution in [0.2, 0.25) is 0 Å². The Morgan fingerprint density at radius 3 is 2.35 bits per heavy atom. The minimum atomic E-state index is -1.07. The van der Waals surface area contributed by atoms with Crippen molar-refractivity contribution < 1.29 is 9.59 Å². The van der Waals surface area contributed by atoms with Crippen molar-refractivity contribution >= 4 is 11.8 Å². The Balaban J connectivity index is 4.85. The highest BCUT2D eigenvalue weighted by Gasteiger charge is 2.35. The number of nitrogens with two attached hydrogens (primary N) is 1. The second-order valence-electron chi connectivity index (χ2n) is 4.34. The molecule has 17 heavy (non-hydrogen) atoms. The lowest BCUT2D eigenvalue weighted by molar-refractivity contribution is -0.141. The van der Waals surface area contributed by atoms with Gasteiger partial charge in [0.25, 0.3) is 0 Å². The molecule has 0 heterocycles. The SMILES string of the molecule is CCCCN(CC(N)=O)C(=O)C(C)(C#N)CC. The molecule has 0 radical (unpaired) electrons. The first-order valence-corrected chi connectivity index (χ1v) is 5.90. The van der Waals surface area contributed by atoms with E-state index >= 15 is 0 Å². The molecule has 1 unspecified atom stereocenters. The Morgan fingerprint density at radius 1 is 1.41 bits per heavy atom. The lowest BCUT2D eigenvalue weighted by Gasteiger charge is -2.28. The number of nitriles is 1. The average Bonchev–Trinajstić information content (AvgIpc) is 2.32. The number of carbonyl (C=O) groups excluding carboxylic acids is 2. The van der Waals surface area contributed by atoms with Gasteiger partial charge in [-0.2, -0.15) is 5.26 Å². The maximum Gasteiger partial charge on any atom is 0.243 e. The van der Waals surface area contributed by atoms with Crippen molar-refractivity contribution in [3.05, 3.63) is 0 Å². The smallest absolute Gasteiger partial charge is 0.243 e. The van der Waals surface area contributed by atoms with Crippen molar-refractivity contribution in [3.63, 3.8) is 0 Å². The Morgan fingerprint density at radius 2 is 2.00 bits per heavy atom. The minimum absolute atomic E-state index is 0.115. The van der Waals surface area contributed by atoms with Gasteiger partial charge < -0.3 is 10.6 Å². The van der Waals surface area contributed by atoms with Crippen LogP contribution >= 0.6 is 0 Å². The lowest BCUT2D eigenvalue weighted by atomic mass is 9.87. The monoisotopic (exact) mass is 239 g/mol. The number of unbranched alkanes of at least 4 members (excludes halogenated alkanes) is 1. The molecule has 0 bridgehead atoms. The van der Waals surface area contributed by atoms with Crippen LogP contribution in [-0.4, -0.2) is 29.8 Å². The first-order chi connectivity index (χ1) is 7.91. The molecule has 0 aromatic carbocycles. The summed E-state index contributed by atoms with van der Waals surface area (Å²) in [7, 11) is 0. The van der Waals surface area contributed by atoms with E-state index in [4.69, 9.17) is 11.0 Å². The highest BCUT2D eigenvalue weighted by molar-refractivity contribution is 5.88. The molecule has 0 aliphatic heterocycles. The van der Waals surface area contributed by atoms with Gasteiger partial charge in [-0.25, -0.2) is 0 Å². The van der Waals surface area contributed by atoms with Crippen LogP contribution < -0.4 is 5.73 Å². The third kappa shape index (κ3) is 4.43. The number of hydrogen-bond donors (Lipinski definition) is 1. The van der Waals surface area contributed by atoms with Crippen molar-refractivity contribution in [1.82, 2.24) is 4.90 Å². The average molecular weight is 239 g/mol. The number of nitrogens with zero attached hydrogens (tertiary/aromatic N) is 2. The zero-order valence-electron chi connectivity index (χ0n) is 10.8. The quantitative estimate of drug-likeness (QED) is 0.720. The fraction of sp³-hybridized carbons (Fsp3) is 0.750. The van der Waals surface area contributed by atoms with Gasteiger partial charge >= 0.3 is 0 Å². The van der Waals surface area contributed by atoms with Crippen molar-refractivity contribution in [1.29, 1.82) is 5.26 Å². The minimum Gasteiger partial charge on any atom is -0.368 e. The second kappa shape index (κ2) is 6.89. The van der Waals surface area contributed by atoms with Crippen LogP contribution in [0.25, 0.3) is 0 Å². The molecule has 2 amide bonds. The van der Waals surface area contributed by atoms with Gasteiger partial charge in [0.05, 0.1) is 12.6 Å². The number of hydrogen-bond acceptors (Lipinski definition) is 3. The largest absolute Gasteiger partial charge is 0.368 e. The Kier molecular flexibility index (Phi) is 6.26. The summed E-state index contributed by atoms with van der Waals surface area (Å²) >= 11 is 0. The Hall–Kier alpha value is -1.57. The number of carbonyl (C=O) groups is 2. The number of amides is 2. The Bertz CT molecular complexity index is 322. The first kappa shape index (κ1) is 15.4. The van der Waals surface area contributed by atoms with E-state index in [0.29, 0.717) is 13.0 Å². The fourth-order valence-corrected chi connectivity index (χ4v) is 1.42. The summed E-state index contributed by atoms with van der Waals surface area (Å²) in [6, 6.07) is 2.01. The van der Waals surface area contributed by atoms with Gasteiger partial charge in [0, 0.05) is 6.54 Å². The normalized spacial score (nSPS) is 13.5. The third-order valence-corrected chi connectivity index (χ3v) is 2.84. The summed E-state index contributed by atoms with van der Waals surface area (Å²) in [4.78, 5) is 24.5. The molecule has 0 aliphatic rings. The fourth-order valence-electron chi connectivity index (χ4n) is 1.42. The van der Waals surface area contributed by atoms with Crippen molar-refractivity contribution in [2.24, 2.45) is 11.1 Å². The standard InChI is InChI=1S/C12H21N3O2/c1-4-6-7-15(8-10(14)16)11(17)12(3,5-2)9-13/h4-8H2,1-3H3,(H2,14,16). The Labute approximate surface area is 103 Å². The van der Waals surface area contributed by atoms with Crippen LogP contribution in [0.5, 0.6) is 0 Å². The summed E-state index contributed by atoms with van der Waals surface area (Å²) in [6.07, 6.45) is 2.13. The van der Waals surface area contributed by atoms with E-state index in [1.54, 1.807) is 13.8 Å². The third-order valence-electron chi connectivity index (χ3n) is 2.84. The zero-order valence-corrected chi connectivity index (χ0v) is 10.8. The van der Waals surface area contributed by atoms with E-state index in [9.17, 15) is 9.59 Å². The molecular formula is C12H21N3O2. The molecule has 5 heteroatoms. The molecule has 5 nitrogen and oxygen atoms in total. The van der Waals surface area contributed by atoms with Gasteiger partial charge in [-0.3, -0.25) is 9.59 Å². The molecule has 0 saturated carbocycles. The predicted molar refractivity (Wildman–Crippen MR) is 64.7 cm³/mol. The molecule has 0 aromatic rings. The van der Waals surface area contributed by atoms with Gasteiger partial charge in [0.1, 0.15) is 5.41 Å². The number of primary amides is 1. The van der Waals surface area contributed by atoms with E-state index in [0.717, 1.165) is 12.8 Å². The van der Waals surface area contributed by atoms with Crippen molar-refractivity contribution in [2.75, 3.05) is 13.1 Å². The molecule has 0 aromatic heterocycles.